The fourth-order valence-corrected chi connectivity index (χ4v) is 4.76. The Kier molecular flexibility index (Phi) is 12.9. The van der Waals surface area contributed by atoms with Gasteiger partial charge in [-0.15, -0.1) is 0 Å². The van der Waals surface area contributed by atoms with Crippen LogP contribution in [0.3, 0.4) is 0 Å². The van der Waals surface area contributed by atoms with Crippen molar-refractivity contribution in [3.8, 4) is 0 Å². The summed E-state index contributed by atoms with van der Waals surface area (Å²) in [5, 5.41) is 37.7. The van der Waals surface area contributed by atoms with Crippen LogP contribution in [-0.2, 0) is 25.6 Å². The van der Waals surface area contributed by atoms with Crippen molar-refractivity contribution >= 4 is 29.6 Å². The van der Waals surface area contributed by atoms with E-state index in [9.17, 15) is 39.6 Å². The van der Waals surface area contributed by atoms with Gasteiger partial charge in [0.15, 0.2) is 0 Å². The average molecular weight is 538 g/mol. The number of nitrogen functional groups attached to an aromatic ring is 1. The summed E-state index contributed by atoms with van der Waals surface area (Å²) in [5.74, 6) is -4.16. The Morgan fingerprint density at radius 1 is 0.632 bits per heavy atom. The lowest BCUT2D eigenvalue weighted by atomic mass is 9.97. The molecule has 1 aromatic carbocycles. The van der Waals surface area contributed by atoms with Crippen molar-refractivity contribution in [2.24, 2.45) is 5.92 Å². The van der Waals surface area contributed by atoms with Gasteiger partial charge >= 0.3 is 23.9 Å². The van der Waals surface area contributed by atoms with Crippen LogP contribution in [-0.4, -0.2) is 142 Å². The first-order valence-corrected chi connectivity index (χ1v) is 12.6. The molecule has 0 radical (unpaired) electrons. The molecule has 212 valence electrons. The van der Waals surface area contributed by atoms with Crippen LogP contribution in [0.4, 0.5) is 5.69 Å². The predicted molar refractivity (Wildman–Crippen MR) is 139 cm³/mol. The molecule has 0 saturated carbocycles. The van der Waals surface area contributed by atoms with Gasteiger partial charge in [0.25, 0.3) is 0 Å². The van der Waals surface area contributed by atoms with E-state index in [0.29, 0.717) is 70.9 Å². The van der Waals surface area contributed by atoms with Gasteiger partial charge < -0.3 is 26.2 Å². The fourth-order valence-electron chi connectivity index (χ4n) is 4.76. The van der Waals surface area contributed by atoms with E-state index in [1.165, 1.54) is 0 Å². The number of nitrogens with two attached hydrogens (primary N) is 1. The van der Waals surface area contributed by atoms with Gasteiger partial charge in [-0.1, -0.05) is 12.1 Å². The highest BCUT2D eigenvalue weighted by molar-refractivity contribution is 5.70. The zero-order chi connectivity index (χ0) is 28.1. The molecule has 0 amide bonds. The molecule has 0 aliphatic carbocycles. The molecule has 0 aromatic heterocycles. The number of benzene rings is 1. The lowest BCUT2D eigenvalue weighted by Crippen LogP contribution is -2.47. The van der Waals surface area contributed by atoms with Gasteiger partial charge in [0.05, 0.1) is 26.2 Å². The minimum Gasteiger partial charge on any atom is -0.480 e. The number of nitrogens with zero attached hydrogens (tertiary/aromatic N) is 4. The van der Waals surface area contributed by atoms with Gasteiger partial charge in [0, 0.05) is 58.0 Å². The van der Waals surface area contributed by atoms with E-state index in [4.69, 9.17) is 5.73 Å². The standard InChI is InChI=1S/C25H39N5O8/c26-21-4-2-19(3-5-21)12-20-13-29(17-24(35)36)10-8-27(15-22(31)32)6-1-7-28(16-23(33)34)9-11-30(14-20)18-25(37)38/h2-5,20H,1,6-18,26H2,(H,31,32)(H,33,34)(H,35,36)(H,37,38). The summed E-state index contributed by atoms with van der Waals surface area (Å²) < 4.78 is 0. The maximum absolute atomic E-state index is 11.6. The number of rotatable bonds is 10. The van der Waals surface area contributed by atoms with E-state index in [2.05, 4.69) is 0 Å². The maximum atomic E-state index is 11.6. The van der Waals surface area contributed by atoms with Crippen molar-refractivity contribution in [2.45, 2.75) is 12.8 Å². The minimum absolute atomic E-state index is 0.152. The molecular formula is C25H39N5O8. The van der Waals surface area contributed by atoms with Crippen LogP contribution in [0.5, 0.6) is 0 Å². The molecule has 0 spiro atoms. The maximum Gasteiger partial charge on any atom is 0.317 e. The molecule has 1 aliphatic rings. The normalized spacial score (nSPS) is 18.5. The number of hydrogen-bond donors (Lipinski definition) is 5. The molecule has 2 rings (SSSR count). The van der Waals surface area contributed by atoms with Crippen molar-refractivity contribution in [1.29, 1.82) is 0 Å². The van der Waals surface area contributed by atoms with Crippen molar-refractivity contribution in [3.63, 3.8) is 0 Å². The summed E-state index contributed by atoms with van der Waals surface area (Å²) in [7, 11) is 0. The van der Waals surface area contributed by atoms with Crippen LogP contribution < -0.4 is 5.73 Å². The largest absolute Gasteiger partial charge is 0.480 e. The lowest BCUT2D eigenvalue weighted by Gasteiger charge is -2.34. The van der Waals surface area contributed by atoms with Gasteiger partial charge in [0.2, 0.25) is 0 Å². The van der Waals surface area contributed by atoms with Crippen LogP contribution in [0.2, 0.25) is 0 Å². The summed E-state index contributed by atoms with van der Waals surface area (Å²) >= 11 is 0. The minimum atomic E-state index is -1.01. The monoisotopic (exact) mass is 537 g/mol. The van der Waals surface area contributed by atoms with Gasteiger partial charge in [-0.25, -0.2) is 0 Å². The van der Waals surface area contributed by atoms with Gasteiger partial charge in [-0.3, -0.25) is 38.8 Å². The topological polar surface area (TPSA) is 188 Å². The third-order valence-electron chi connectivity index (χ3n) is 6.39. The van der Waals surface area contributed by atoms with E-state index < -0.39 is 23.9 Å². The number of carbonyl (C=O) groups is 4. The molecule has 1 saturated heterocycles. The van der Waals surface area contributed by atoms with E-state index in [-0.39, 0.29) is 32.1 Å². The van der Waals surface area contributed by atoms with Crippen molar-refractivity contribution in [1.82, 2.24) is 19.6 Å². The van der Waals surface area contributed by atoms with Gasteiger partial charge in [0.1, 0.15) is 0 Å². The quantitative estimate of drug-likeness (QED) is 0.238. The molecular weight excluding hydrogens is 498 g/mol. The Balaban J connectivity index is 2.34. The molecule has 1 heterocycles. The molecule has 1 aromatic rings. The molecule has 1 fully saturated rings. The zero-order valence-electron chi connectivity index (χ0n) is 21.6. The van der Waals surface area contributed by atoms with E-state index >= 15 is 0 Å². The smallest absolute Gasteiger partial charge is 0.317 e. The van der Waals surface area contributed by atoms with Crippen molar-refractivity contribution < 1.29 is 39.6 Å². The Morgan fingerprint density at radius 3 is 1.39 bits per heavy atom. The van der Waals surface area contributed by atoms with Crippen molar-refractivity contribution in [2.75, 3.05) is 84.3 Å². The third-order valence-corrected chi connectivity index (χ3v) is 6.39. The summed E-state index contributed by atoms with van der Waals surface area (Å²) in [4.78, 5) is 53.1. The SMILES string of the molecule is Nc1ccc(CC2CN(CC(=O)O)CCN(CC(=O)O)CCCN(CC(=O)O)CCN(CC(=O)O)C2)cc1. The Labute approximate surface area is 222 Å². The Hall–Kier alpha value is -3.26. The van der Waals surface area contributed by atoms with Gasteiger partial charge in [-0.05, 0) is 36.5 Å². The van der Waals surface area contributed by atoms with Crippen LogP contribution in [0.15, 0.2) is 24.3 Å². The fraction of sp³-hybridized carbons (Fsp3) is 0.600. The van der Waals surface area contributed by atoms with Crippen LogP contribution in [0.25, 0.3) is 0 Å². The van der Waals surface area contributed by atoms with E-state index in [0.717, 1.165) is 5.56 Å². The average Bonchev–Trinajstić information content (AvgIpc) is 2.80. The molecule has 0 bridgehead atoms. The molecule has 0 unspecified atom stereocenters. The number of anilines is 1. The summed E-state index contributed by atoms with van der Waals surface area (Å²) in [6.45, 7) is 1.91. The highest BCUT2D eigenvalue weighted by Gasteiger charge is 2.24. The Morgan fingerprint density at radius 2 is 1.00 bits per heavy atom. The number of hydrogen-bond acceptors (Lipinski definition) is 9. The molecule has 6 N–H and O–H groups in total. The first-order valence-electron chi connectivity index (χ1n) is 12.6. The molecule has 38 heavy (non-hydrogen) atoms. The highest BCUT2D eigenvalue weighted by atomic mass is 16.4. The molecule has 0 atom stereocenters. The van der Waals surface area contributed by atoms with E-state index in [1.807, 2.05) is 12.1 Å². The van der Waals surface area contributed by atoms with Gasteiger partial charge in [-0.2, -0.15) is 0 Å². The second-order valence-electron chi connectivity index (χ2n) is 9.76. The Bertz CT molecular complexity index is 879. The summed E-state index contributed by atoms with van der Waals surface area (Å²) in [6.07, 6.45) is 1.06. The second kappa shape index (κ2) is 15.9. The molecule has 13 heteroatoms. The zero-order valence-corrected chi connectivity index (χ0v) is 21.6. The lowest BCUT2D eigenvalue weighted by molar-refractivity contribution is -0.141. The third kappa shape index (κ3) is 12.8. The number of carboxylic acids is 4. The number of carboxylic acid groups (broad SMARTS) is 4. The van der Waals surface area contributed by atoms with E-state index in [1.54, 1.807) is 31.7 Å². The molecule has 13 nitrogen and oxygen atoms in total. The predicted octanol–water partition coefficient (Wildman–Crippen LogP) is -0.622. The highest BCUT2D eigenvalue weighted by Crippen LogP contribution is 2.15. The first-order chi connectivity index (χ1) is 18.0. The van der Waals surface area contributed by atoms with Crippen LogP contribution in [0, 0.1) is 5.92 Å². The summed E-state index contributed by atoms with van der Waals surface area (Å²) in [6, 6.07) is 7.31. The van der Waals surface area contributed by atoms with Crippen LogP contribution in [0.1, 0.15) is 12.0 Å². The second-order valence-corrected chi connectivity index (χ2v) is 9.76. The molecule has 1 aliphatic heterocycles. The number of aliphatic carboxylic acids is 4. The van der Waals surface area contributed by atoms with Crippen LogP contribution >= 0.6 is 0 Å². The first kappa shape index (κ1) is 31.0. The van der Waals surface area contributed by atoms with Crippen molar-refractivity contribution in [3.05, 3.63) is 29.8 Å². The summed E-state index contributed by atoms with van der Waals surface area (Å²) in [5.41, 5.74) is 7.39.